The van der Waals surface area contributed by atoms with Gasteiger partial charge in [-0.05, 0) is 12.8 Å². The number of hydrogen-bond donors (Lipinski definition) is 2. The average molecular weight is 213 g/mol. The van der Waals surface area contributed by atoms with E-state index in [0.29, 0.717) is 18.1 Å². The molecule has 3 N–H and O–H groups in total. The highest BCUT2D eigenvalue weighted by atomic mass is 16.5. The summed E-state index contributed by atoms with van der Waals surface area (Å²) in [5.41, 5.74) is 5.92. The molecule has 1 aliphatic rings. The van der Waals surface area contributed by atoms with Crippen LogP contribution in [0.1, 0.15) is 33.6 Å². The number of nitrogens with one attached hydrogen (secondary N) is 1. The van der Waals surface area contributed by atoms with Crippen molar-refractivity contribution in [1.82, 2.24) is 5.32 Å². The van der Waals surface area contributed by atoms with E-state index in [0.717, 1.165) is 19.4 Å². The van der Waals surface area contributed by atoms with Gasteiger partial charge in [-0.1, -0.05) is 20.8 Å². The monoisotopic (exact) mass is 213 g/mol. The third kappa shape index (κ3) is 2.62. The van der Waals surface area contributed by atoms with Crippen LogP contribution in [0.25, 0.3) is 0 Å². The number of methoxy groups -OCH3 is 1. The summed E-state index contributed by atoms with van der Waals surface area (Å²) in [6, 6.07) is 0.378. The SMILES string of the molecule is CCCN=C(N)NC1CC(OC)C1(C)C. The highest BCUT2D eigenvalue weighted by molar-refractivity contribution is 5.78. The predicted octanol–water partition coefficient (Wildman–Crippen LogP) is 1.11. The molecule has 4 heteroatoms. The van der Waals surface area contributed by atoms with E-state index in [2.05, 4.69) is 31.1 Å². The first kappa shape index (κ1) is 12.3. The molecule has 4 nitrogen and oxygen atoms in total. The Balaban J connectivity index is 2.42. The van der Waals surface area contributed by atoms with Crippen molar-refractivity contribution in [2.75, 3.05) is 13.7 Å². The molecule has 0 radical (unpaired) electrons. The predicted molar refractivity (Wildman–Crippen MR) is 62.9 cm³/mol. The normalized spacial score (nSPS) is 29.7. The maximum absolute atomic E-state index is 5.78. The molecule has 0 aromatic heterocycles. The largest absolute Gasteiger partial charge is 0.381 e. The first-order valence-corrected chi connectivity index (χ1v) is 5.61. The van der Waals surface area contributed by atoms with Crippen molar-refractivity contribution in [2.45, 2.75) is 45.8 Å². The molecular weight excluding hydrogens is 190 g/mol. The zero-order valence-corrected chi connectivity index (χ0v) is 10.2. The Bertz CT molecular complexity index is 238. The Morgan fingerprint density at radius 2 is 2.27 bits per heavy atom. The molecule has 1 aliphatic carbocycles. The minimum absolute atomic E-state index is 0.140. The molecule has 1 rings (SSSR count). The number of aliphatic imine (C=N–C) groups is 1. The number of hydrogen-bond acceptors (Lipinski definition) is 2. The number of guanidine groups is 1. The van der Waals surface area contributed by atoms with Gasteiger partial charge in [0, 0.05) is 25.1 Å². The molecular formula is C11H23N3O. The van der Waals surface area contributed by atoms with Crippen molar-refractivity contribution in [2.24, 2.45) is 16.1 Å². The smallest absolute Gasteiger partial charge is 0.188 e. The van der Waals surface area contributed by atoms with Crippen LogP contribution in [-0.2, 0) is 4.74 Å². The van der Waals surface area contributed by atoms with E-state index in [9.17, 15) is 0 Å². The zero-order valence-electron chi connectivity index (χ0n) is 10.2. The summed E-state index contributed by atoms with van der Waals surface area (Å²) in [5.74, 6) is 0.560. The number of ether oxygens (including phenoxy) is 1. The van der Waals surface area contributed by atoms with Gasteiger partial charge in [0.2, 0.25) is 0 Å². The molecule has 1 saturated carbocycles. The van der Waals surface area contributed by atoms with Crippen molar-refractivity contribution in [3.05, 3.63) is 0 Å². The van der Waals surface area contributed by atoms with E-state index in [1.54, 1.807) is 7.11 Å². The zero-order chi connectivity index (χ0) is 11.5. The second-order valence-electron chi connectivity index (χ2n) is 4.75. The third-order valence-electron chi connectivity index (χ3n) is 3.29. The number of nitrogens with two attached hydrogens (primary N) is 1. The van der Waals surface area contributed by atoms with Gasteiger partial charge in [0.25, 0.3) is 0 Å². The summed E-state index contributed by atoms with van der Waals surface area (Å²) >= 11 is 0. The van der Waals surface area contributed by atoms with Crippen LogP contribution in [0.4, 0.5) is 0 Å². The molecule has 0 aromatic carbocycles. The van der Waals surface area contributed by atoms with E-state index in [-0.39, 0.29) is 5.41 Å². The van der Waals surface area contributed by atoms with Crippen LogP contribution < -0.4 is 11.1 Å². The van der Waals surface area contributed by atoms with E-state index in [1.165, 1.54) is 0 Å². The van der Waals surface area contributed by atoms with Crippen LogP contribution in [0.15, 0.2) is 4.99 Å². The summed E-state index contributed by atoms with van der Waals surface area (Å²) in [5, 5.41) is 3.25. The molecule has 0 aliphatic heterocycles. The fraction of sp³-hybridized carbons (Fsp3) is 0.909. The van der Waals surface area contributed by atoms with Gasteiger partial charge in [-0.15, -0.1) is 0 Å². The third-order valence-corrected chi connectivity index (χ3v) is 3.29. The molecule has 0 heterocycles. The molecule has 1 fully saturated rings. The lowest BCUT2D eigenvalue weighted by molar-refractivity contribution is -0.0921. The van der Waals surface area contributed by atoms with Crippen molar-refractivity contribution < 1.29 is 4.74 Å². The molecule has 2 atom stereocenters. The van der Waals surface area contributed by atoms with Crippen LogP contribution in [-0.4, -0.2) is 31.8 Å². The molecule has 0 spiro atoms. The van der Waals surface area contributed by atoms with Crippen LogP contribution in [0.5, 0.6) is 0 Å². The lowest BCUT2D eigenvalue weighted by Gasteiger charge is -2.51. The summed E-state index contributed by atoms with van der Waals surface area (Å²) in [7, 11) is 1.76. The topological polar surface area (TPSA) is 59.6 Å². The van der Waals surface area contributed by atoms with E-state index >= 15 is 0 Å². The Kier molecular flexibility index (Phi) is 3.97. The van der Waals surface area contributed by atoms with Gasteiger partial charge in [-0.3, -0.25) is 4.99 Å². The quantitative estimate of drug-likeness (QED) is 0.543. The molecule has 88 valence electrons. The van der Waals surface area contributed by atoms with Crippen LogP contribution in [0, 0.1) is 5.41 Å². The standard InChI is InChI=1S/C11H23N3O/c1-5-6-13-10(12)14-8-7-9(15-4)11(8,2)3/h8-9H,5-7H2,1-4H3,(H3,12,13,14). The molecule has 0 saturated heterocycles. The molecule has 0 bridgehead atoms. The minimum Gasteiger partial charge on any atom is -0.381 e. The fourth-order valence-corrected chi connectivity index (χ4v) is 1.99. The molecule has 0 amide bonds. The summed E-state index contributed by atoms with van der Waals surface area (Å²) in [6.45, 7) is 7.26. The van der Waals surface area contributed by atoms with E-state index in [1.807, 2.05) is 0 Å². The van der Waals surface area contributed by atoms with Crippen molar-refractivity contribution in [3.8, 4) is 0 Å². The van der Waals surface area contributed by atoms with Gasteiger partial charge in [-0.2, -0.15) is 0 Å². The highest BCUT2D eigenvalue weighted by Gasteiger charge is 2.48. The van der Waals surface area contributed by atoms with Crippen LogP contribution in [0.2, 0.25) is 0 Å². The summed E-state index contributed by atoms with van der Waals surface area (Å²) < 4.78 is 5.37. The second-order valence-corrected chi connectivity index (χ2v) is 4.75. The maximum Gasteiger partial charge on any atom is 0.188 e. The molecule has 15 heavy (non-hydrogen) atoms. The van der Waals surface area contributed by atoms with Gasteiger partial charge in [0.05, 0.1) is 6.10 Å². The number of rotatable bonds is 4. The van der Waals surface area contributed by atoms with Gasteiger partial charge in [0.1, 0.15) is 0 Å². The Hall–Kier alpha value is -0.770. The average Bonchev–Trinajstić information content (AvgIpc) is 2.20. The lowest BCUT2D eigenvalue weighted by atomic mass is 9.64. The Labute approximate surface area is 92.3 Å². The van der Waals surface area contributed by atoms with Crippen molar-refractivity contribution in [3.63, 3.8) is 0 Å². The maximum atomic E-state index is 5.78. The first-order valence-electron chi connectivity index (χ1n) is 5.61. The number of nitrogens with zero attached hydrogens (tertiary/aromatic N) is 1. The fourth-order valence-electron chi connectivity index (χ4n) is 1.99. The lowest BCUT2D eigenvalue weighted by Crippen LogP contribution is -2.62. The van der Waals surface area contributed by atoms with Gasteiger partial charge >= 0.3 is 0 Å². The van der Waals surface area contributed by atoms with Crippen LogP contribution in [0.3, 0.4) is 0 Å². The van der Waals surface area contributed by atoms with Gasteiger partial charge in [0.15, 0.2) is 5.96 Å². The van der Waals surface area contributed by atoms with Crippen molar-refractivity contribution >= 4 is 5.96 Å². The van der Waals surface area contributed by atoms with E-state index < -0.39 is 0 Å². The summed E-state index contributed by atoms with van der Waals surface area (Å²) in [6.07, 6.45) is 2.36. The molecule has 2 unspecified atom stereocenters. The minimum atomic E-state index is 0.140. The van der Waals surface area contributed by atoms with Crippen molar-refractivity contribution in [1.29, 1.82) is 0 Å². The van der Waals surface area contributed by atoms with E-state index in [4.69, 9.17) is 10.5 Å². The first-order chi connectivity index (χ1) is 7.02. The van der Waals surface area contributed by atoms with Crippen LogP contribution >= 0.6 is 0 Å². The molecule has 0 aromatic rings. The Morgan fingerprint density at radius 3 is 2.73 bits per heavy atom. The summed E-state index contributed by atoms with van der Waals surface area (Å²) in [4.78, 5) is 4.22. The second kappa shape index (κ2) is 4.84. The highest BCUT2D eigenvalue weighted by Crippen LogP contribution is 2.42. The Morgan fingerprint density at radius 1 is 1.60 bits per heavy atom. The van der Waals surface area contributed by atoms with Gasteiger partial charge in [-0.25, -0.2) is 0 Å². The van der Waals surface area contributed by atoms with Gasteiger partial charge < -0.3 is 15.8 Å².